The van der Waals surface area contributed by atoms with E-state index in [9.17, 15) is 101 Å². The van der Waals surface area contributed by atoms with Gasteiger partial charge < -0.3 is 165 Å². The van der Waals surface area contributed by atoms with E-state index in [1.165, 1.54) is 52.8 Å². The zero-order valence-corrected chi connectivity index (χ0v) is 86.1. The lowest BCUT2D eigenvalue weighted by Crippen LogP contribution is -2.66. The van der Waals surface area contributed by atoms with Crippen LogP contribution in [0.15, 0.2) is 18.2 Å². The Hall–Kier alpha value is -12.5. The van der Waals surface area contributed by atoms with Gasteiger partial charge in [0.05, 0.1) is 37.3 Å². The quantitative estimate of drug-likeness (QED) is 0.0139. The summed E-state index contributed by atoms with van der Waals surface area (Å²) >= 11 is 0. The van der Waals surface area contributed by atoms with E-state index in [1.54, 1.807) is 0 Å². The van der Waals surface area contributed by atoms with Crippen molar-refractivity contribution in [2.45, 2.75) is 329 Å². The number of hydrogen-bond donors (Lipinski definition) is 13. The predicted octanol–water partition coefficient (Wildman–Crippen LogP) is -2.45. The van der Waals surface area contributed by atoms with E-state index in [0.717, 1.165) is 62.3 Å². The molecule has 3 fully saturated rings. The monoisotopic (exact) mass is 2110 g/mol. The predicted molar refractivity (Wildman–Crippen MR) is 507 cm³/mol. The van der Waals surface area contributed by atoms with E-state index in [0.29, 0.717) is 12.8 Å². The SMILES string of the molecule is CC(=O)NC(C(OC(C)=O)OC(C)=O)C(OCCCCC(=O)NCCCCC(NC(=O)CCCCOC1OC(COC(C)=O)C(OC(C)=O)C(OC(C)=O)C1N)C(=O)NCCNC(=O)c1cc(OCCN)cc(C(=O)NCCNC(=O)[C@H](CCCCNC(=O)CCCCOC2OC(COC(C)=O)C(OC(C)=O)C(OC(C)=O)[C@@H]2NC(C)=O)NC(=O)CCOC2OC(COC(C)=O)CC(OC(C)=O)C2N)c1)OC(C)COC(C)=O. The first-order valence-corrected chi connectivity index (χ1v) is 48.7. The zero-order valence-electron chi connectivity index (χ0n) is 86.1. The van der Waals surface area contributed by atoms with Crippen LogP contribution in [0.3, 0.4) is 0 Å². The number of benzene rings is 1. The topological polar surface area (TPSA) is 741 Å². The van der Waals surface area contributed by atoms with Gasteiger partial charge in [-0.25, -0.2) is 0 Å². The van der Waals surface area contributed by atoms with Gasteiger partial charge in [0.25, 0.3) is 18.1 Å². The van der Waals surface area contributed by atoms with Gasteiger partial charge in [-0.15, -0.1) is 0 Å². The average molecular weight is 2120 g/mol. The van der Waals surface area contributed by atoms with Gasteiger partial charge in [-0.05, 0) is 102 Å². The van der Waals surface area contributed by atoms with Crippen LogP contribution in [0.1, 0.15) is 227 Å². The van der Waals surface area contributed by atoms with Crippen LogP contribution in [0.4, 0.5) is 0 Å². The molecule has 3 aliphatic heterocycles. The summed E-state index contributed by atoms with van der Waals surface area (Å²) < 4.78 is 111. The first-order valence-electron chi connectivity index (χ1n) is 48.7. The van der Waals surface area contributed by atoms with Gasteiger partial charge in [0.1, 0.15) is 75.2 Å². The second-order valence-corrected chi connectivity index (χ2v) is 34.6. The molecule has 0 saturated carbocycles. The second kappa shape index (κ2) is 69.6. The molecule has 3 aliphatic rings. The van der Waals surface area contributed by atoms with Crippen LogP contribution in [-0.4, -0.2) is 353 Å². The molecule has 1 aromatic carbocycles. The van der Waals surface area contributed by atoms with Crippen LogP contribution in [0.2, 0.25) is 0 Å². The number of hydrogen-bond acceptors (Lipinski definition) is 44. The Balaban J connectivity index is 1.45. The number of nitrogens with two attached hydrogens (primary N) is 3. The summed E-state index contributed by atoms with van der Waals surface area (Å²) in [5.41, 5.74) is 18.4. The van der Waals surface area contributed by atoms with Crippen molar-refractivity contribution in [1.82, 2.24) is 53.2 Å². The molecule has 0 spiro atoms. The molecular weight excluding hydrogens is 1970 g/mol. The number of unbranched alkanes of at least 4 members (excludes halogenated alkanes) is 5. The summed E-state index contributed by atoms with van der Waals surface area (Å²) in [5.74, 6) is -14.1. The molecule has 3 heterocycles. The zero-order chi connectivity index (χ0) is 110. The molecule has 4 rings (SSSR count). The minimum absolute atomic E-state index is 0.00828. The van der Waals surface area contributed by atoms with Crippen LogP contribution in [0, 0.1) is 0 Å². The normalized spacial score (nSPS) is 20.8. The molecule has 54 heteroatoms. The fourth-order valence-electron chi connectivity index (χ4n) is 15.0. The number of amides is 10. The number of nitrogens with one attached hydrogen (secondary N) is 10. The summed E-state index contributed by atoms with van der Waals surface area (Å²) in [6.45, 7) is 13.6. The average Bonchev–Trinajstić information content (AvgIpc) is 0.787. The Morgan fingerprint density at radius 3 is 1.29 bits per heavy atom. The maximum Gasteiger partial charge on any atom is 0.305 e. The van der Waals surface area contributed by atoms with Crippen LogP contribution in [0.5, 0.6) is 5.75 Å². The van der Waals surface area contributed by atoms with Gasteiger partial charge in [0, 0.05) is 192 Å². The lowest BCUT2D eigenvalue weighted by Gasteiger charge is -2.44. The molecule has 17 unspecified atom stereocenters. The Bertz CT molecular complexity index is 4500. The Morgan fingerprint density at radius 1 is 0.385 bits per heavy atom. The largest absolute Gasteiger partial charge is 0.492 e. The molecule has 834 valence electrons. The molecule has 16 N–H and O–H groups in total. The van der Waals surface area contributed by atoms with Crippen molar-refractivity contribution in [2.24, 2.45) is 17.2 Å². The van der Waals surface area contributed by atoms with Crippen molar-refractivity contribution < 1.29 is 195 Å². The van der Waals surface area contributed by atoms with Gasteiger partial charge >= 0.3 is 65.7 Å². The Morgan fingerprint density at radius 2 is 0.818 bits per heavy atom. The van der Waals surface area contributed by atoms with E-state index in [1.807, 2.05) is 0 Å². The first-order chi connectivity index (χ1) is 70.1. The molecule has 0 radical (unpaired) electrons. The number of esters is 11. The van der Waals surface area contributed by atoms with Crippen molar-refractivity contribution in [3.8, 4) is 5.75 Å². The van der Waals surface area contributed by atoms with Gasteiger partial charge in [0.2, 0.25) is 47.3 Å². The highest BCUT2D eigenvalue weighted by atomic mass is 16.8. The van der Waals surface area contributed by atoms with E-state index in [4.69, 9.17) is 112 Å². The molecule has 1 aromatic rings. The summed E-state index contributed by atoms with van der Waals surface area (Å²) in [6, 6.07) is -3.36. The van der Waals surface area contributed by atoms with Crippen LogP contribution < -0.4 is 75.1 Å². The number of rotatable bonds is 68. The first kappa shape index (κ1) is 128. The maximum atomic E-state index is 14.1. The minimum atomic E-state index is -1.72. The third-order valence-electron chi connectivity index (χ3n) is 21.5. The van der Waals surface area contributed by atoms with E-state index in [-0.39, 0.29) is 217 Å². The number of carbonyl (C=O) groups excluding carboxylic acids is 21. The standard InChI is InChI=1S/C94H147N13O41/c1-51(47-134-54(4)110)138-93(81(105-53(3)109)94(144-63(13)119)145-64(14)120)132-40-23-18-28-75(122)98-32-20-15-25-69(106-76(123)29-19-24-38-130-91-79(97)84(142-61(11)117)82(140-59(9)115)72(147-91)49-136-56(6)112)88(127)102-36-34-100-86(125)65-43-66(45-67(44-65)129-42-31-95)87(126)101-35-37-103-89(128)70(107-77(124)30-41-133-90-78(96)71(139-58(8)114)46-68(146-90)48-135-55(5)111)26-16-21-33-99-74(121)27-17-22-39-131-92-80(104-52(2)108)85(143-62(12)118)83(141-60(10)116)73(148-92)50-137-57(7)113/h43-45,51,68-73,78-85,90-94H,15-42,46-50,95-97H2,1-14H3,(H,98,122)(H,99,121)(H,100,125)(H,101,126)(H,102,127)(H,103,128)(H,104,108)(H,105,109)(H,106,123)(H,107,124)/t51?,68?,69?,70-,71?,72?,73?,78?,79?,80-,81?,82?,83?,84?,85?,90?,91?,92?,93?/m0/s1. The lowest BCUT2D eigenvalue weighted by atomic mass is 9.96. The van der Waals surface area contributed by atoms with Gasteiger partial charge in [-0.1, -0.05) is 0 Å². The second-order valence-electron chi connectivity index (χ2n) is 34.6. The van der Waals surface area contributed by atoms with Crippen LogP contribution in [0.25, 0.3) is 0 Å². The summed E-state index contributed by atoms with van der Waals surface area (Å²) in [6.07, 6.45) is -15.2. The van der Waals surface area contributed by atoms with Crippen LogP contribution in [-0.2, 0) is 181 Å². The molecule has 0 aromatic heterocycles. The maximum absolute atomic E-state index is 14.1. The van der Waals surface area contributed by atoms with Crippen molar-refractivity contribution in [2.75, 3.05) is 105 Å². The smallest absolute Gasteiger partial charge is 0.305 e. The highest BCUT2D eigenvalue weighted by Crippen LogP contribution is 2.31. The van der Waals surface area contributed by atoms with Crippen molar-refractivity contribution in [3.05, 3.63) is 29.3 Å². The Labute approximate surface area is 856 Å². The molecule has 19 atom stereocenters. The minimum Gasteiger partial charge on any atom is -0.492 e. The third kappa shape index (κ3) is 52.4. The fraction of sp³-hybridized carbons (Fsp3) is 0.713. The fourth-order valence-corrected chi connectivity index (χ4v) is 15.0. The van der Waals surface area contributed by atoms with Crippen molar-refractivity contribution in [3.63, 3.8) is 0 Å². The number of carbonyl (C=O) groups is 21. The lowest BCUT2D eigenvalue weighted by molar-refractivity contribution is -0.277. The highest BCUT2D eigenvalue weighted by molar-refractivity contribution is 6.00. The molecule has 3 saturated heterocycles. The third-order valence-corrected chi connectivity index (χ3v) is 21.5. The molecule has 0 aliphatic carbocycles. The molecule has 10 amide bonds. The van der Waals surface area contributed by atoms with Gasteiger partial charge in [0.15, 0.2) is 55.6 Å². The van der Waals surface area contributed by atoms with E-state index in [2.05, 4.69) is 53.2 Å². The molecule has 0 bridgehead atoms. The number of ether oxygens (including phenoxy) is 20. The Kier molecular flexibility index (Phi) is 60.1. The molecule has 54 nitrogen and oxygen atoms in total. The molecular formula is C94H147N13O41. The molecule has 148 heavy (non-hydrogen) atoms. The van der Waals surface area contributed by atoms with Crippen LogP contribution >= 0.6 is 0 Å². The van der Waals surface area contributed by atoms with Gasteiger partial charge in [-0.3, -0.25) is 101 Å². The summed E-state index contributed by atoms with van der Waals surface area (Å²) in [4.78, 5) is 267. The summed E-state index contributed by atoms with van der Waals surface area (Å²) in [7, 11) is 0. The van der Waals surface area contributed by atoms with E-state index < -0.39 is 249 Å². The van der Waals surface area contributed by atoms with Gasteiger partial charge in [-0.2, -0.15) is 0 Å². The van der Waals surface area contributed by atoms with Crippen molar-refractivity contribution in [1.29, 1.82) is 0 Å². The summed E-state index contributed by atoms with van der Waals surface area (Å²) in [5, 5.41) is 27.0. The van der Waals surface area contributed by atoms with E-state index >= 15 is 0 Å². The highest BCUT2D eigenvalue weighted by Gasteiger charge is 2.53. The van der Waals surface area contributed by atoms with Crippen molar-refractivity contribution >= 4 is 125 Å².